The van der Waals surface area contributed by atoms with Crippen LogP contribution in [0, 0.1) is 10.1 Å². The first-order chi connectivity index (χ1) is 13.5. The molecule has 0 atom stereocenters. The highest BCUT2D eigenvalue weighted by molar-refractivity contribution is 6.34. The van der Waals surface area contributed by atoms with Crippen molar-refractivity contribution in [2.24, 2.45) is 0 Å². The number of amides is 2. The van der Waals surface area contributed by atoms with E-state index in [1.54, 1.807) is 12.1 Å². The zero-order chi connectivity index (χ0) is 20.1. The number of nitrogens with zero attached hydrogens (tertiary/aromatic N) is 1. The number of rotatable bonds is 5. The first kappa shape index (κ1) is 19.8. The number of anilines is 1. The van der Waals surface area contributed by atoms with E-state index in [1.807, 2.05) is 0 Å². The van der Waals surface area contributed by atoms with Crippen LogP contribution in [0.15, 0.2) is 42.5 Å². The summed E-state index contributed by atoms with van der Waals surface area (Å²) in [5.41, 5.74) is 0.244. The van der Waals surface area contributed by atoms with E-state index in [-0.39, 0.29) is 33.8 Å². The van der Waals surface area contributed by atoms with Gasteiger partial charge >= 0.3 is 0 Å². The second kappa shape index (κ2) is 8.84. The van der Waals surface area contributed by atoms with E-state index in [0.717, 1.165) is 25.7 Å². The number of nitro benzene ring substituents is 1. The third-order valence-corrected chi connectivity index (χ3v) is 5.08. The number of halogens is 1. The summed E-state index contributed by atoms with van der Waals surface area (Å²) >= 11 is 6.17. The lowest BCUT2D eigenvalue weighted by Gasteiger charge is -2.23. The molecule has 2 aromatic carbocycles. The third kappa shape index (κ3) is 4.67. The van der Waals surface area contributed by atoms with Crippen LogP contribution < -0.4 is 10.6 Å². The number of carbonyl (C=O) groups excluding carboxylic acids is 2. The van der Waals surface area contributed by atoms with Gasteiger partial charge in [-0.1, -0.05) is 43.0 Å². The van der Waals surface area contributed by atoms with E-state index >= 15 is 0 Å². The normalized spacial score (nSPS) is 14.3. The smallest absolute Gasteiger partial charge is 0.282 e. The van der Waals surface area contributed by atoms with E-state index in [0.29, 0.717) is 5.69 Å². The van der Waals surface area contributed by atoms with Crippen molar-refractivity contribution in [3.8, 4) is 0 Å². The minimum atomic E-state index is -0.631. The molecule has 28 heavy (non-hydrogen) atoms. The number of hydrogen-bond acceptors (Lipinski definition) is 4. The summed E-state index contributed by atoms with van der Waals surface area (Å²) in [6, 6.07) is 10.4. The predicted octanol–water partition coefficient (Wildman–Crippen LogP) is 4.56. The molecule has 1 aliphatic rings. The predicted molar refractivity (Wildman–Crippen MR) is 107 cm³/mol. The minimum Gasteiger partial charge on any atom is -0.349 e. The fourth-order valence-corrected chi connectivity index (χ4v) is 3.51. The summed E-state index contributed by atoms with van der Waals surface area (Å²) < 4.78 is 0. The zero-order valence-corrected chi connectivity index (χ0v) is 15.9. The average Bonchev–Trinajstić information content (AvgIpc) is 2.70. The van der Waals surface area contributed by atoms with Gasteiger partial charge in [0, 0.05) is 17.8 Å². The van der Waals surface area contributed by atoms with E-state index in [2.05, 4.69) is 10.6 Å². The van der Waals surface area contributed by atoms with E-state index in [1.165, 1.54) is 36.8 Å². The minimum absolute atomic E-state index is 0.0596. The molecule has 8 heteroatoms. The average molecular weight is 402 g/mol. The highest BCUT2D eigenvalue weighted by Crippen LogP contribution is 2.24. The Morgan fingerprint density at radius 1 is 1.00 bits per heavy atom. The van der Waals surface area contributed by atoms with Crippen LogP contribution in [0.2, 0.25) is 5.02 Å². The van der Waals surface area contributed by atoms with Gasteiger partial charge in [0.05, 0.1) is 15.5 Å². The molecule has 0 radical (unpaired) electrons. The molecule has 0 saturated heterocycles. The van der Waals surface area contributed by atoms with Gasteiger partial charge in [0.1, 0.15) is 5.56 Å². The van der Waals surface area contributed by atoms with Crippen LogP contribution in [0.1, 0.15) is 52.8 Å². The quantitative estimate of drug-likeness (QED) is 0.566. The maximum Gasteiger partial charge on any atom is 0.282 e. The van der Waals surface area contributed by atoms with Crippen molar-refractivity contribution in [2.45, 2.75) is 38.1 Å². The Morgan fingerprint density at radius 3 is 2.43 bits per heavy atom. The molecule has 3 rings (SSSR count). The fraction of sp³-hybridized carbons (Fsp3) is 0.300. The second-order valence-electron chi connectivity index (χ2n) is 6.73. The van der Waals surface area contributed by atoms with Gasteiger partial charge in [-0.3, -0.25) is 19.7 Å². The molecule has 0 aliphatic heterocycles. The molecule has 0 heterocycles. The highest BCUT2D eigenvalue weighted by atomic mass is 35.5. The Labute approximate surface area is 167 Å². The van der Waals surface area contributed by atoms with Gasteiger partial charge in [-0.2, -0.15) is 0 Å². The SMILES string of the molecule is O=C(NC1CCCCC1)c1cc(NC(=O)c2ccccc2[N+](=O)[O-])ccc1Cl. The summed E-state index contributed by atoms with van der Waals surface area (Å²) in [5.74, 6) is -0.924. The molecule has 0 bridgehead atoms. The van der Waals surface area contributed by atoms with E-state index in [9.17, 15) is 19.7 Å². The van der Waals surface area contributed by atoms with Crippen LogP contribution >= 0.6 is 11.6 Å². The molecule has 2 amide bonds. The number of para-hydroxylation sites is 1. The lowest BCUT2D eigenvalue weighted by molar-refractivity contribution is -0.385. The molecular formula is C20H20ClN3O4. The molecule has 1 fully saturated rings. The third-order valence-electron chi connectivity index (χ3n) is 4.75. The van der Waals surface area contributed by atoms with Crippen LogP contribution in [0.5, 0.6) is 0 Å². The fourth-order valence-electron chi connectivity index (χ4n) is 3.31. The van der Waals surface area contributed by atoms with Gasteiger partial charge in [-0.25, -0.2) is 0 Å². The molecule has 146 valence electrons. The molecule has 2 aromatic rings. The molecule has 0 spiro atoms. The first-order valence-electron chi connectivity index (χ1n) is 9.11. The maximum atomic E-state index is 12.6. The number of benzene rings is 2. The van der Waals surface area contributed by atoms with E-state index in [4.69, 9.17) is 11.6 Å². The summed E-state index contributed by atoms with van der Waals surface area (Å²) in [6.45, 7) is 0. The van der Waals surface area contributed by atoms with Crippen LogP contribution in [0.25, 0.3) is 0 Å². The van der Waals surface area contributed by atoms with Gasteiger partial charge in [-0.15, -0.1) is 0 Å². The Balaban J connectivity index is 1.77. The highest BCUT2D eigenvalue weighted by Gasteiger charge is 2.21. The number of carbonyl (C=O) groups is 2. The molecule has 1 aliphatic carbocycles. The van der Waals surface area contributed by atoms with Gasteiger partial charge < -0.3 is 10.6 Å². The maximum absolute atomic E-state index is 12.6. The summed E-state index contributed by atoms with van der Waals surface area (Å²) in [4.78, 5) is 35.6. The Kier molecular flexibility index (Phi) is 6.26. The standard InChI is InChI=1S/C20H20ClN3O4/c21-17-11-10-14(12-16(17)20(26)22-13-6-2-1-3-7-13)23-19(25)15-8-4-5-9-18(15)24(27)28/h4-5,8-13H,1-3,6-7H2,(H,22,26)(H,23,25). The molecule has 2 N–H and O–H groups in total. The van der Waals surface area contributed by atoms with Crippen molar-refractivity contribution in [2.75, 3.05) is 5.32 Å². The van der Waals surface area contributed by atoms with Crippen molar-refractivity contribution >= 4 is 34.8 Å². The van der Waals surface area contributed by atoms with Gasteiger partial charge in [0.15, 0.2) is 0 Å². The van der Waals surface area contributed by atoms with Gasteiger partial charge in [0.2, 0.25) is 0 Å². The second-order valence-corrected chi connectivity index (χ2v) is 7.14. The molecule has 0 aromatic heterocycles. The lowest BCUT2D eigenvalue weighted by atomic mass is 9.95. The van der Waals surface area contributed by atoms with Crippen LogP contribution in [-0.2, 0) is 0 Å². The van der Waals surface area contributed by atoms with Crippen LogP contribution in [-0.4, -0.2) is 22.8 Å². The first-order valence-corrected chi connectivity index (χ1v) is 9.48. The van der Waals surface area contributed by atoms with Gasteiger partial charge in [-0.05, 0) is 37.1 Å². The molecular weight excluding hydrogens is 382 g/mol. The summed E-state index contributed by atoms with van der Waals surface area (Å²) in [5, 5.41) is 17.0. The number of nitro groups is 1. The summed E-state index contributed by atoms with van der Waals surface area (Å²) in [6.07, 6.45) is 5.24. The van der Waals surface area contributed by atoms with Gasteiger partial charge in [0.25, 0.3) is 17.5 Å². The number of nitrogens with one attached hydrogen (secondary N) is 2. The number of hydrogen-bond donors (Lipinski definition) is 2. The lowest BCUT2D eigenvalue weighted by Crippen LogP contribution is -2.36. The summed E-state index contributed by atoms with van der Waals surface area (Å²) in [7, 11) is 0. The van der Waals surface area contributed by atoms with Crippen molar-refractivity contribution in [1.82, 2.24) is 5.32 Å². The molecule has 7 nitrogen and oxygen atoms in total. The largest absolute Gasteiger partial charge is 0.349 e. The molecule has 1 saturated carbocycles. The Bertz CT molecular complexity index is 910. The Morgan fingerprint density at radius 2 is 1.71 bits per heavy atom. The van der Waals surface area contributed by atoms with Crippen molar-refractivity contribution < 1.29 is 14.5 Å². The van der Waals surface area contributed by atoms with E-state index < -0.39 is 10.8 Å². The van der Waals surface area contributed by atoms with Crippen molar-refractivity contribution in [3.05, 3.63) is 68.7 Å². The van der Waals surface area contributed by atoms with Crippen molar-refractivity contribution in [1.29, 1.82) is 0 Å². The van der Waals surface area contributed by atoms with Crippen LogP contribution in [0.3, 0.4) is 0 Å². The van der Waals surface area contributed by atoms with Crippen LogP contribution in [0.4, 0.5) is 11.4 Å². The Hall–Kier alpha value is -2.93. The van der Waals surface area contributed by atoms with Crippen molar-refractivity contribution in [3.63, 3.8) is 0 Å². The zero-order valence-electron chi connectivity index (χ0n) is 15.1. The molecule has 0 unspecified atom stereocenters. The topological polar surface area (TPSA) is 101 Å². The monoisotopic (exact) mass is 401 g/mol.